The fourth-order valence-electron chi connectivity index (χ4n) is 3.60. The Morgan fingerprint density at radius 1 is 1.16 bits per heavy atom. The Hall–Kier alpha value is -2.12. The summed E-state index contributed by atoms with van der Waals surface area (Å²) in [5.74, 6) is 0.780. The highest BCUT2D eigenvalue weighted by Crippen LogP contribution is 2.32. The van der Waals surface area contributed by atoms with Gasteiger partial charge in [0.15, 0.2) is 11.3 Å². The molecular formula is C24H27BrN4OS. The molecular weight excluding hydrogens is 472 g/mol. The van der Waals surface area contributed by atoms with Crippen LogP contribution < -0.4 is 15.9 Å². The summed E-state index contributed by atoms with van der Waals surface area (Å²) in [5.41, 5.74) is 2.88. The van der Waals surface area contributed by atoms with Crippen molar-refractivity contribution in [1.29, 1.82) is 0 Å². The number of hydrogen-bond donors (Lipinski definition) is 1. The highest BCUT2D eigenvalue weighted by atomic mass is 79.9. The van der Waals surface area contributed by atoms with Gasteiger partial charge in [0.2, 0.25) is 0 Å². The molecule has 4 rings (SSSR count). The zero-order valence-corrected chi connectivity index (χ0v) is 20.7. The number of halogens is 1. The van der Waals surface area contributed by atoms with Crippen LogP contribution >= 0.6 is 27.7 Å². The van der Waals surface area contributed by atoms with E-state index in [0.717, 1.165) is 39.2 Å². The van der Waals surface area contributed by atoms with Gasteiger partial charge in [-0.3, -0.25) is 15.1 Å². The van der Waals surface area contributed by atoms with Gasteiger partial charge in [-0.1, -0.05) is 86.1 Å². The van der Waals surface area contributed by atoms with Gasteiger partial charge in [0.25, 0.3) is 5.91 Å². The molecule has 2 aromatic rings. The summed E-state index contributed by atoms with van der Waals surface area (Å²) in [6.07, 6.45) is 1.80. The number of rotatable bonds is 4. The number of carbonyl (C=O) groups is 1. The number of benzene rings is 2. The Labute approximate surface area is 195 Å². The number of nitrogens with zero attached hydrogens (tertiary/aromatic N) is 3. The number of amidine groups is 1. The van der Waals surface area contributed by atoms with Crippen LogP contribution in [0.2, 0.25) is 0 Å². The fraction of sp³-hybridized carbons (Fsp3) is 0.375. The number of carbonyl (C=O) groups excluding carboxylic acids is 1. The molecule has 0 aliphatic carbocycles. The van der Waals surface area contributed by atoms with Crippen LogP contribution in [0.5, 0.6) is 0 Å². The smallest absolute Gasteiger partial charge is 0.276 e. The summed E-state index contributed by atoms with van der Waals surface area (Å²) in [4.78, 5) is 18.2. The third kappa shape index (κ3) is 4.58. The highest BCUT2D eigenvalue weighted by Gasteiger charge is 2.34. The first-order chi connectivity index (χ1) is 14.8. The van der Waals surface area contributed by atoms with Crippen LogP contribution in [-0.4, -0.2) is 21.8 Å². The van der Waals surface area contributed by atoms with Crippen LogP contribution in [0.1, 0.15) is 57.8 Å². The minimum absolute atomic E-state index is 0.0741. The number of hydrazone groups is 1. The van der Waals surface area contributed by atoms with Gasteiger partial charge in [0, 0.05) is 15.4 Å². The molecule has 0 bridgehead atoms. The zero-order chi connectivity index (χ0) is 22.2. The summed E-state index contributed by atoms with van der Waals surface area (Å²) in [5, 5.41) is 11.8. The topological polar surface area (TPSA) is 57.1 Å². The maximum absolute atomic E-state index is 13.2. The van der Waals surface area contributed by atoms with Crippen molar-refractivity contribution in [2.45, 2.75) is 52.1 Å². The van der Waals surface area contributed by atoms with E-state index in [1.54, 1.807) is 16.8 Å². The molecule has 7 heteroatoms. The van der Waals surface area contributed by atoms with Crippen molar-refractivity contribution in [2.75, 3.05) is 5.75 Å². The molecule has 31 heavy (non-hydrogen) atoms. The molecule has 0 saturated carbocycles. The average molecular weight is 499 g/mol. The summed E-state index contributed by atoms with van der Waals surface area (Å²) in [7, 11) is 0. The first-order valence-corrected chi connectivity index (χ1v) is 12.4. The van der Waals surface area contributed by atoms with Crippen LogP contribution in [0.15, 0.2) is 57.0 Å². The molecule has 2 aliphatic rings. The van der Waals surface area contributed by atoms with Gasteiger partial charge < -0.3 is 0 Å². The Morgan fingerprint density at radius 2 is 1.90 bits per heavy atom. The van der Waals surface area contributed by atoms with Crippen LogP contribution in [0.4, 0.5) is 0 Å². The Balaban J connectivity index is 1.82. The lowest BCUT2D eigenvalue weighted by molar-refractivity contribution is -0.116. The second-order valence-corrected chi connectivity index (χ2v) is 10.8. The van der Waals surface area contributed by atoms with Crippen molar-refractivity contribution in [2.24, 2.45) is 10.1 Å². The number of unbranched alkanes of at least 4 members (excludes halogenated alkanes) is 1. The van der Waals surface area contributed by atoms with Gasteiger partial charge in [-0.05, 0) is 41.2 Å². The largest absolute Gasteiger partial charge is 0.298 e. The predicted octanol–water partition coefficient (Wildman–Crippen LogP) is 4.42. The predicted molar refractivity (Wildman–Crippen MR) is 131 cm³/mol. The normalized spacial score (nSPS) is 18.0. The Kier molecular flexibility index (Phi) is 6.26. The third-order valence-corrected chi connectivity index (χ3v) is 6.82. The summed E-state index contributed by atoms with van der Waals surface area (Å²) in [6, 6.07) is 14.3. The van der Waals surface area contributed by atoms with Crippen molar-refractivity contribution in [3.05, 3.63) is 68.6 Å². The van der Waals surface area contributed by atoms with E-state index in [2.05, 4.69) is 73.2 Å². The third-order valence-electron chi connectivity index (χ3n) is 5.38. The van der Waals surface area contributed by atoms with Crippen molar-refractivity contribution >= 4 is 44.5 Å². The summed E-state index contributed by atoms with van der Waals surface area (Å²) < 4.78 is 0.904. The SMILES string of the molecule is CCCCSC1=NN2C(=c3cc(Br)ccc3=N[C@@H]2c2ccc(C(C)(C)C)cc2)C(=O)N1. The first kappa shape index (κ1) is 22.1. The van der Waals surface area contributed by atoms with Crippen molar-refractivity contribution < 1.29 is 4.79 Å². The van der Waals surface area contributed by atoms with E-state index < -0.39 is 0 Å². The molecule has 1 N–H and O–H groups in total. The molecule has 0 aromatic heterocycles. The minimum Gasteiger partial charge on any atom is -0.298 e. The molecule has 2 aliphatic heterocycles. The molecule has 2 aromatic carbocycles. The molecule has 2 heterocycles. The maximum atomic E-state index is 13.2. The molecule has 1 amide bonds. The fourth-order valence-corrected chi connectivity index (χ4v) is 4.90. The maximum Gasteiger partial charge on any atom is 0.276 e. The second-order valence-electron chi connectivity index (χ2n) is 8.79. The lowest BCUT2D eigenvalue weighted by Crippen LogP contribution is -2.50. The number of nitrogens with one attached hydrogen (secondary N) is 1. The highest BCUT2D eigenvalue weighted by molar-refractivity contribution is 9.10. The van der Waals surface area contributed by atoms with Crippen molar-refractivity contribution in [3.63, 3.8) is 0 Å². The zero-order valence-electron chi connectivity index (χ0n) is 18.3. The molecule has 0 spiro atoms. The van der Waals surface area contributed by atoms with Crippen LogP contribution in [0.25, 0.3) is 5.70 Å². The van der Waals surface area contributed by atoms with E-state index in [9.17, 15) is 4.79 Å². The van der Waals surface area contributed by atoms with E-state index in [0.29, 0.717) is 10.9 Å². The van der Waals surface area contributed by atoms with Gasteiger partial charge >= 0.3 is 0 Å². The monoisotopic (exact) mass is 498 g/mol. The molecule has 162 valence electrons. The van der Waals surface area contributed by atoms with E-state index in [4.69, 9.17) is 10.1 Å². The Bertz CT molecular complexity index is 1150. The van der Waals surface area contributed by atoms with E-state index in [1.807, 2.05) is 18.2 Å². The van der Waals surface area contributed by atoms with Gasteiger partial charge in [-0.25, -0.2) is 5.01 Å². The van der Waals surface area contributed by atoms with Gasteiger partial charge in [0.1, 0.15) is 5.70 Å². The molecule has 5 nitrogen and oxygen atoms in total. The molecule has 1 atom stereocenters. The molecule has 0 fully saturated rings. The van der Waals surface area contributed by atoms with Gasteiger partial charge in [-0.15, -0.1) is 5.10 Å². The summed E-state index contributed by atoms with van der Waals surface area (Å²) in [6.45, 7) is 8.76. The van der Waals surface area contributed by atoms with E-state index >= 15 is 0 Å². The Morgan fingerprint density at radius 3 is 2.58 bits per heavy atom. The van der Waals surface area contributed by atoms with Crippen LogP contribution in [0, 0.1) is 0 Å². The van der Waals surface area contributed by atoms with Crippen molar-refractivity contribution in [3.8, 4) is 0 Å². The average Bonchev–Trinajstić information content (AvgIpc) is 2.72. The lowest BCUT2D eigenvalue weighted by atomic mass is 9.86. The summed E-state index contributed by atoms with van der Waals surface area (Å²) >= 11 is 5.10. The number of thioether (sulfide) groups is 1. The molecule has 0 unspecified atom stereocenters. The number of hydrogen-bond acceptors (Lipinski definition) is 5. The lowest BCUT2D eigenvalue weighted by Gasteiger charge is -2.34. The van der Waals surface area contributed by atoms with E-state index in [1.165, 1.54) is 5.56 Å². The quantitative estimate of drug-likeness (QED) is 0.634. The number of amides is 1. The number of fused-ring (bicyclic) bond motifs is 2. The first-order valence-electron chi connectivity index (χ1n) is 10.6. The standard InChI is InChI=1S/C24H27BrN4OS/c1-5-6-13-31-23-27-22(30)20-18-14-17(25)11-12-19(18)26-21(29(20)28-23)15-7-9-16(10-8-15)24(2,3)4/h7-12,14,21H,5-6,13H2,1-4H3,(H,27,28,30)/t21-/m0/s1. The van der Waals surface area contributed by atoms with Gasteiger partial charge in [0.05, 0.1) is 5.36 Å². The second kappa shape index (κ2) is 8.79. The van der Waals surface area contributed by atoms with Crippen molar-refractivity contribution in [1.82, 2.24) is 10.3 Å². The minimum atomic E-state index is -0.384. The van der Waals surface area contributed by atoms with Crippen LogP contribution in [-0.2, 0) is 10.2 Å². The molecule has 0 radical (unpaired) electrons. The molecule has 0 saturated heterocycles. The van der Waals surface area contributed by atoms with Crippen LogP contribution in [0.3, 0.4) is 0 Å². The van der Waals surface area contributed by atoms with Gasteiger partial charge in [-0.2, -0.15) is 0 Å². The van der Waals surface area contributed by atoms with E-state index in [-0.39, 0.29) is 17.5 Å².